The molecule has 0 aromatic rings. The lowest BCUT2D eigenvalue weighted by Gasteiger charge is -2.36. The minimum Gasteiger partial charge on any atom is -0.311 e. The molecule has 2 saturated carbocycles. The number of halogens is 6. The highest BCUT2D eigenvalue weighted by Crippen LogP contribution is 2.39. The first-order valence-electron chi connectivity index (χ1n) is 7.55. The topological polar surface area (TPSA) is 12.0 Å². The maximum Gasteiger partial charge on any atom is 0.391 e. The summed E-state index contributed by atoms with van der Waals surface area (Å²) in [5, 5.41) is 3.27. The molecule has 0 aromatic carbocycles. The highest BCUT2D eigenvalue weighted by molar-refractivity contribution is 4.86. The Balaban J connectivity index is 1.71. The van der Waals surface area contributed by atoms with Gasteiger partial charge in [0.15, 0.2) is 0 Å². The summed E-state index contributed by atoms with van der Waals surface area (Å²) in [5.41, 5.74) is 0. The smallest absolute Gasteiger partial charge is 0.311 e. The summed E-state index contributed by atoms with van der Waals surface area (Å²) < 4.78 is 75.3. The van der Waals surface area contributed by atoms with E-state index in [2.05, 4.69) is 5.32 Å². The number of nitrogens with one attached hydrogen (secondary N) is 1. The zero-order chi connectivity index (χ0) is 15.7. The van der Waals surface area contributed by atoms with Crippen molar-refractivity contribution in [3.8, 4) is 0 Å². The maximum atomic E-state index is 12.6. The van der Waals surface area contributed by atoms with Crippen LogP contribution in [0.25, 0.3) is 0 Å². The first-order valence-corrected chi connectivity index (χ1v) is 7.55. The molecule has 0 atom stereocenters. The van der Waals surface area contributed by atoms with Gasteiger partial charge in [0.2, 0.25) is 0 Å². The summed E-state index contributed by atoms with van der Waals surface area (Å²) in [6.07, 6.45) is -5.89. The van der Waals surface area contributed by atoms with E-state index in [-0.39, 0.29) is 37.8 Å². The SMILES string of the molecule is FC(F)(F)C1CCC(NC2CCC(C(F)(F)F)CC2)CC1. The van der Waals surface area contributed by atoms with Gasteiger partial charge in [-0.15, -0.1) is 0 Å². The lowest BCUT2D eigenvalue weighted by Crippen LogP contribution is -2.44. The second-order valence-corrected chi connectivity index (χ2v) is 6.35. The van der Waals surface area contributed by atoms with E-state index in [4.69, 9.17) is 0 Å². The molecule has 1 N–H and O–H groups in total. The summed E-state index contributed by atoms with van der Waals surface area (Å²) in [6, 6.07) is 0.0482. The van der Waals surface area contributed by atoms with E-state index < -0.39 is 24.2 Å². The Bertz CT molecular complexity index is 289. The van der Waals surface area contributed by atoms with Crippen LogP contribution in [-0.2, 0) is 0 Å². The third-order valence-corrected chi connectivity index (χ3v) is 4.85. The Kier molecular flexibility index (Phi) is 5.11. The van der Waals surface area contributed by atoms with Crippen molar-refractivity contribution in [2.75, 3.05) is 0 Å². The second kappa shape index (κ2) is 6.34. The molecule has 0 aromatic heterocycles. The zero-order valence-electron chi connectivity index (χ0n) is 11.7. The summed E-state index contributed by atoms with van der Waals surface area (Å²) in [6.45, 7) is 0. The predicted octanol–water partition coefficient (Wildman–Crippen LogP) is 4.82. The Hall–Kier alpha value is -0.460. The van der Waals surface area contributed by atoms with Crippen molar-refractivity contribution >= 4 is 0 Å². The molecule has 0 spiro atoms. The van der Waals surface area contributed by atoms with Crippen LogP contribution in [0, 0.1) is 11.8 Å². The van der Waals surface area contributed by atoms with Gasteiger partial charge in [0.25, 0.3) is 0 Å². The minimum absolute atomic E-state index is 0.0241. The summed E-state index contributed by atoms with van der Waals surface area (Å²) in [7, 11) is 0. The zero-order valence-corrected chi connectivity index (χ0v) is 11.7. The van der Waals surface area contributed by atoms with Gasteiger partial charge in [-0.3, -0.25) is 0 Å². The lowest BCUT2D eigenvalue weighted by atomic mass is 9.82. The Labute approximate surface area is 120 Å². The van der Waals surface area contributed by atoms with Crippen molar-refractivity contribution in [1.82, 2.24) is 5.32 Å². The molecule has 7 heteroatoms. The van der Waals surface area contributed by atoms with E-state index in [1.165, 1.54) is 0 Å². The van der Waals surface area contributed by atoms with Crippen LogP contribution in [0.5, 0.6) is 0 Å². The molecule has 124 valence electrons. The summed E-state index contributed by atoms with van der Waals surface area (Å²) in [4.78, 5) is 0. The predicted molar refractivity (Wildman–Crippen MR) is 66.7 cm³/mol. The maximum absolute atomic E-state index is 12.6. The van der Waals surface area contributed by atoms with Crippen molar-refractivity contribution < 1.29 is 26.3 Å². The molecule has 0 heterocycles. The van der Waals surface area contributed by atoms with E-state index in [1.54, 1.807) is 0 Å². The van der Waals surface area contributed by atoms with Gasteiger partial charge in [0.1, 0.15) is 0 Å². The van der Waals surface area contributed by atoms with Crippen LogP contribution < -0.4 is 5.32 Å². The molecule has 0 aliphatic heterocycles. The number of hydrogen-bond acceptors (Lipinski definition) is 1. The average Bonchev–Trinajstić information content (AvgIpc) is 2.38. The van der Waals surface area contributed by atoms with E-state index >= 15 is 0 Å². The Morgan fingerprint density at radius 3 is 1.05 bits per heavy atom. The second-order valence-electron chi connectivity index (χ2n) is 6.35. The molecule has 2 rings (SSSR count). The van der Waals surface area contributed by atoms with Crippen molar-refractivity contribution in [3.63, 3.8) is 0 Å². The van der Waals surface area contributed by atoms with Crippen molar-refractivity contribution in [1.29, 1.82) is 0 Å². The van der Waals surface area contributed by atoms with Gasteiger partial charge in [-0.05, 0) is 51.4 Å². The molecule has 0 radical (unpaired) electrons. The Morgan fingerprint density at radius 1 is 0.524 bits per heavy atom. The molecular weight excluding hydrogens is 296 g/mol. The molecule has 1 nitrogen and oxygen atoms in total. The third-order valence-electron chi connectivity index (χ3n) is 4.85. The van der Waals surface area contributed by atoms with Crippen LogP contribution in [-0.4, -0.2) is 24.4 Å². The normalized spacial score (nSPS) is 35.7. The van der Waals surface area contributed by atoms with Gasteiger partial charge in [-0.2, -0.15) is 26.3 Å². The number of alkyl halides is 6. The molecule has 0 unspecified atom stereocenters. The van der Waals surface area contributed by atoms with Crippen molar-refractivity contribution in [2.24, 2.45) is 11.8 Å². The summed E-state index contributed by atoms with van der Waals surface area (Å²) >= 11 is 0. The van der Waals surface area contributed by atoms with Gasteiger partial charge in [-0.25, -0.2) is 0 Å². The fourth-order valence-electron chi connectivity index (χ4n) is 3.51. The van der Waals surface area contributed by atoms with Crippen LogP contribution in [0.4, 0.5) is 26.3 Å². The van der Waals surface area contributed by atoms with Gasteiger partial charge in [-0.1, -0.05) is 0 Å². The lowest BCUT2D eigenvalue weighted by molar-refractivity contribution is -0.184. The van der Waals surface area contributed by atoms with Crippen molar-refractivity contribution in [2.45, 2.75) is 75.8 Å². The molecule has 0 saturated heterocycles. The molecule has 2 aliphatic carbocycles. The third kappa shape index (κ3) is 4.76. The van der Waals surface area contributed by atoms with Crippen LogP contribution in [0.1, 0.15) is 51.4 Å². The van der Waals surface area contributed by atoms with Gasteiger partial charge in [0.05, 0.1) is 11.8 Å². The summed E-state index contributed by atoms with van der Waals surface area (Å²) in [5.74, 6) is -2.42. The molecule has 0 amide bonds. The van der Waals surface area contributed by atoms with Gasteiger partial charge < -0.3 is 5.32 Å². The van der Waals surface area contributed by atoms with Gasteiger partial charge in [0, 0.05) is 12.1 Å². The quantitative estimate of drug-likeness (QED) is 0.720. The number of hydrogen-bond donors (Lipinski definition) is 1. The van der Waals surface area contributed by atoms with E-state index in [0.717, 1.165) is 0 Å². The Morgan fingerprint density at radius 2 is 0.810 bits per heavy atom. The number of rotatable bonds is 2. The molecule has 0 bridgehead atoms. The van der Waals surface area contributed by atoms with Crippen molar-refractivity contribution in [3.05, 3.63) is 0 Å². The van der Waals surface area contributed by atoms with Crippen LogP contribution in [0.2, 0.25) is 0 Å². The molecule has 21 heavy (non-hydrogen) atoms. The van der Waals surface area contributed by atoms with Gasteiger partial charge >= 0.3 is 12.4 Å². The van der Waals surface area contributed by atoms with Crippen LogP contribution in [0.3, 0.4) is 0 Å². The average molecular weight is 317 g/mol. The highest BCUT2D eigenvalue weighted by Gasteiger charge is 2.43. The largest absolute Gasteiger partial charge is 0.391 e. The minimum atomic E-state index is -4.12. The molecule has 2 aliphatic rings. The molecular formula is C14H21F6N. The van der Waals surface area contributed by atoms with E-state index in [1.807, 2.05) is 0 Å². The first-order chi connectivity index (χ1) is 9.66. The van der Waals surface area contributed by atoms with E-state index in [9.17, 15) is 26.3 Å². The highest BCUT2D eigenvalue weighted by atomic mass is 19.4. The first kappa shape index (κ1) is 16.9. The standard InChI is InChI=1S/C14H21F6N/c15-13(16,17)9-1-5-11(6-2-9)21-12-7-3-10(4-8-12)14(18,19)20/h9-12,21H,1-8H2. The molecule has 2 fully saturated rings. The monoisotopic (exact) mass is 317 g/mol. The van der Waals surface area contributed by atoms with Crippen LogP contribution >= 0.6 is 0 Å². The fraction of sp³-hybridized carbons (Fsp3) is 1.00. The van der Waals surface area contributed by atoms with E-state index in [0.29, 0.717) is 25.7 Å². The fourth-order valence-corrected chi connectivity index (χ4v) is 3.51. The van der Waals surface area contributed by atoms with Crippen LogP contribution in [0.15, 0.2) is 0 Å².